The van der Waals surface area contributed by atoms with E-state index in [-0.39, 0.29) is 10.7 Å². The lowest BCUT2D eigenvalue weighted by molar-refractivity contribution is 0.594. The third kappa shape index (κ3) is 2.12. The molecule has 6 nitrogen and oxygen atoms in total. The first-order chi connectivity index (χ1) is 8.53. The van der Waals surface area contributed by atoms with Crippen molar-refractivity contribution in [2.45, 2.75) is 4.90 Å². The van der Waals surface area contributed by atoms with Gasteiger partial charge < -0.3 is 5.73 Å². The minimum absolute atomic E-state index is 0.00990. The smallest absolute Gasteiger partial charge is 0.267 e. The number of aromatic nitrogens is 2. The van der Waals surface area contributed by atoms with Crippen LogP contribution in [0.4, 0.5) is 11.5 Å². The van der Waals surface area contributed by atoms with Gasteiger partial charge in [-0.05, 0) is 24.3 Å². The molecule has 0 unspecified atom stereocenters. The van der Waals surface area contributed by atoms with Gasteiger partial charge in [-0.15, -0.1) is 0 Å². The van der Waals surface area contributed by atoms with E-state index in [0.29, 0.717) is 5.69 Å². The normalized spacial score (nSPS) is 11.2. The number of anilines is 2. The first kappa shape index (κ1) is 12.3. The predicted octanol–water partition coefficient (Wildman–Crippen LogP) is 0.884. The number of hydrogen-bond donors (Lipinski definition) is 1. The summed E-state index contributed by atoms with van der Waals surface area (Å²) in [5, 5.41) is 0. The van der Waals surface area contributed by atoms with E-state index in [2.05, 4.69) is 9.97 Å². The minimum atomic E-state index is -3.70. The number of sulfonamides is 1. The molecular formula is C11H12N4O2S. The van der Waals surface area contributed by atoms with E-state index in [4.69, 9.17) is 5.73 Å². The molecule has 0 aliphatic carbocycles. The summed E-state index contributed by atoms with van der Waals surface area (Å²) in [4.78, 5) is 7.61. The Morgan fingerprint density at radius 2 is 1.83 bits per heavy atom. The monoisotopic (exact) mass is 264 g/mol. The second kappa shape index (κ2) is 4.61. The summed E-state index contributed by atoms with van der Waals surface area (Å²) in [5.74, 6) is -0.0154. The van der Waals surface area contributed by atoms with E-state index >= 15 is 0 Å². The Morgan fingerprint density at radius 3 is 2.44 bits per heavy atom. The van der Waals surface area contributed by atoms with Crippen molar-refractivity contribution in [1.82, 2.24) is 9.97 Å². The summed E-state index contributed by atoms with van der Waals surface area (Å²) in [6, 6.07) is 6.16. The van der Waals surface area contributed by atoms with Crippen LogP contribution < -0.4 is 10.0 Å². The predicted molar refractivity (Wildman–Crippen MR) is 68.5 cm³/mol. The first-order valence-corrected chi connectivity index (χ1v) is 6.57. The van der Waals surface area contributed by atoms with Crippen LogP contribution in [-0.4, -0.2) is 25.4 Å². The van der Waals surface area contributed by atoms with Crippen molar-refractivity contribution < 1.29 is 8.42 Å². The maximum Gasteiger partial charge on any atom is 0.267 e. The summed E-state index contributed by atoms with van der Waals surface area (Å²) in [6.07, 6.45) is 4.49. The van der Waals surface area contributed by atoms with Gasteiger partial charge in [0.1, 0.15) is 10.7 Å². The maximum absolute atomic E-state index is 12.3. The topological polar surface area (TPSA) is 89.2 Å². The van der Waals surface area contributed by atoms with Crippen molar-refractivity contribution >= 4 is 21.5 Å². The van der Waals surface area contributed by atoms with Crippen LogP contribution in [0.3, 0.4) is 0 Å². The fourth-order valence-corrected chi connectivity index (χ4v) is 2.72. The molecule has 0 atom stereocenters. The van der Waals surface area contributed by atoms with Crippen LogP contribution in [0.25, 0.3) is 0 Å². The molecule has 2 aromatic rings. The molecule has 18 heavy (non-hydrogen) atoms. The highest BCUT2D eigenvalue weighted by atomic mass is 32.2. The molecule has 0 radical (unpaired) electrons. The van der Waals surface area contributed by atoms with Gasteiger partial charge in [-0.3, -0.25) is 9.29 Å². The quantitative estimate of drug-likeness (QED) is 0.889. The van der Waals surface area contributed by atoms with Gasteiger partial charge in [0.2, 0.25) is 0 Å². The molecule has 0 saturated heterocycles. The number of nitrogen functional groups attached to an aromatic ring is 1. The zero-order valence-corrected chi connectivity index (χ0v) is 10.5. The minimum Gasteiger partial charge on any atom is -0.383 e. The van der Waals surface area contributed by atoms with Crippen molar-refractivity contribution in [2.75, 3.05) is 17.1 Å². The summed E-state index contributed by atoms with van der Waals surface area (Å²) >= 11 is 0. The molecule has 2 N–H and O–H groups in total. The molecule has 0 spiro atoms. The second-order valence-corrected chi connectivity index (χ2v) is 5.50. The van der Waals surface area contributed by atoms with Crippen LogP contribution >= 0.6 is 0 Å². The number of nitrogens with zero attached hydrogens (tertiary/aromatic N) is 3. The van der Waals surface area contributed by atoms with Crippen LogP contribution in [0.15, 0.2) is 47.8 Å². The van der Waals surface area contributed by atoms with Crippen molar-refractivity contribution in [2.24, 2.45) is 0 Å². The van der Waals surface area contributed by atoms with Gasteiger partial charge in [-0.25, -0.2) is 13.4 Å². The highest BCUT2D eigenvalue weighted by Gasteiger charge is 2.23. The molecule has 2 heterocycles. The Bertz CT molecular complexity index is 643. The van der Waals surface area contributed by atoms with Crippen LogP contribution in [-0.2, 0) is 10.0 Å². The maximum atomic E-state index is 12.3. The zero-order valence-electron chi connectivity index (χ0n) is 9.69. The Morgan fingerprint density at radius 1 is 1.17 bits per heavy atom. The molecule has 94 valence electrons. The second-order valence-electron chi connectivity index (χ2n) is 3.56. The van der Waals surface area contributed by atoms with Gasteiger partial charge in [-0.1, -0.05) is 0 Å². The molecule has 2 rings (SSSR count). The molecule has 0 aliphatic heterocycles. The third-order valence-electron chi connectivity index (χ3n) is 2.46. The van der Waals surface area contributed by atoms with E-state index < -0.39 is 10.0 Å². The van der Waals surface area contributed by atoms with E-state index in [0.717, 1.165) is 4.31 Å². The summed E-state index contributed by atoms with van der Waals surface area (Å²) in [5.41, 5.74) is 6.10. The van der Waals surface area contributed by atoms with Crippen LogP contribution in [0, 0.1) is 0 Å². The van der Waals surface area contributed by atoms with Crippen LogP contribution in [0.5, 0.6) is 0 Å². The number of pyridine rings is 2. The summed E-state index contributed by atoms with van der Waals surface area (Å²) < 4.78 is 25.8. The van der Waals surface area contributed by atoms with Gasteiger partial charge in [0.25, 0.3) is 10.0 Å². The summed E-state index contributed by atoms with van der Waals surface area (Å²) in [6.45, 7) is 0. The highest BCUT2D eigenvalue weighted by Crippen LogP contribution is 2.23. The van der Waals surface area contributed by atoms with Gasteiger partial charge in [-0.2, -0.15) is 0 Å². The molecular weight excluding hydrogens is 252 g/mol. The van der Waals surface area contributed by atoms with Gasteiger partial charge in [0, 0.05) is 25.6 Å². The van der Waals surface area contributed by atoms with E-state index in [1.54, 1.807) is 12.1 Å². The lowest BCUT2D eigenvalue weighted by Crippen LogP contribution is -2.27. The standard InChI is InChI=1S/C11H12N4O2S/c1-15(9-4-7-13-8-5-9)18(16,17)10-3-2-6-14-11(10)12/h2-8H,1H3,(H2,12,14). The largest absolute Gasteiger partial charge is 0.383 e. The van der Waals surface area contributed by atoms with Crippen LogP contribution in [0.1, 0.15) is 0 Å². The zero-order chi connectivity index (χ0) is 13.2. The Labute approximate surface area is 105 Å². The lowest BCUT2D eigenvalue weighted by Gasteiger charge is -2.19. The SMILES string of the molecule is CN(c1ccncc1)S(=O)(=O)c1cccnc1N. The molecule has 7 heteroatoms. The third-order valence-corrected chi connectivity index (χ3v) is 4.30. The molecule has 0 aliphatic rings. The molecule has 0 aromatic carbocycles. The van der Waals surface area contributed by atoms with Crippen molar-refractivity contribution in [1.29, 1.82) is 0 Å². The fraction of sp³-hybridized carbons (Fsp3) is 0.0909. The molecule has 0 amide bonds. The molecule has 0 bridgehead atoms. The Balaban J connectivity index is 2.48. The van der Waals surface area contributed by atoms with Gasteiger partial charge >= 0.3 is 0 Å². The molecule has 2 aromatic heterocycles. The van der Waals surface area contributed by atoms with Gasteiger partial charge in [0.05, 0.1) is 5.69 Å². The Hall–Kier alpha value is -2.15. The fourth-order valence-electron chi connectivity index (χ4n) is 1.46. The Kier molecular flexibility index (Phi) is 3.15. The summed E-state index contributed by atoms with van der Waals surface area (Å²) in [7, 11) is -2.25. The lowest BCUT2D eigenvalue weighted by atomic mass is 10.4. The van der Waals surface area contributed by atoms with Crippen molar-refractivity contribution in [3.05, 3.63) is 42.9 Å². The van der Waals surface area contributed by atoms with E-state index in [1.165, 1.54) is 37.8 Å². The molecule has 0 fully saturated rings. The van der Waals surface area contributed by atoms with E-state index in [9.17, 15) is 8.42 Å². The van der Waals surface area contributed by atoms with Crippen molar-refractivity contribution in [3.63, 3.8) is 0 Å². The number of rotatable bonds is 3. The average Bonchev–Trinajstić information content (AvgIpc) is 2.39. The molecule has 0 saturated carbocycles. The van der Waals surface area contributed by atoms with Crippen molar-refractivity contribution in [3.8, 4) is 0 Å². The number of nitrogens with two attached hydrogens (primary N) is 1. The van der Waals surface area contributed by atoms with E-state index in [1.807, 2.05) is 0 Å². The first-order valence-electron chi connectivity index (χ1n) is 5.13. The van der Waals surface area contributed by atoms with Gasteiger partial charge in [0.15, 0.2) is 0 Å². The van der Waals surface area contributed by atoms with Crippen LogP contribution in [0.2, 0.25) is 0 Å². The number of hydrogen-bond acceptors (Lipinski definition) is 5. The highest BCUT2D eigenvalue weighted by molar-refractivity contribution is 7.93. The average molecular weight is 264 g/mol.